The molecule has 7 heteroatoms. The van der Waals surface area contributed by atoms with E-state index in [1.807, 2.05) is 33.8 Å². The molecule has 2 heterocycles. The Morgan fingerprint density at radius 3 is 2.54 bits per heavy atom. The van der Waals surface area contributed by atoms with Crippen molar-refractivity contribution >= 4 is 11.7 Å². The first kappa shape index (κ1) is 18.3. The Morgan fingerprint density at radius 1 is 1.25 bits per heavy atom. The summed E-state index contributed by atoms with van der Waals surface area (Å²) in [5.41, 5.74) is 0.963. The molecule has 0 aliphatic rings. The predicted octanol–water partition coefficient (Wildman–Crippen LogP) is 1.73. The molecular formula is C17H27N5O2. The van der Waals surface area contributed by atoms with Crippen molar-refractivity contribution in [2.24, 2.45) is 0 Å². The summed E-state index contributed by atoms with van der Waals surface area (Å²) in [5.74, 6) is 0.748. The summed E-state index contributed by atoms with van der Waals surface area (Å²) < 4.78 is 1.64. The van der Waals surface area contributed by atoms with E-state index in [-0.39, 0.29) is 18.9 Å². The minimum Gasteiger partial charge on any atom is -0.388 e. The van der Waals surface area contributed by atoms with E-state index in [1.165, 1.54) is 0 Å². The lowest BCUT2D eigenvalue weighted by molar-refractivity contribution is -0.122. The van der Waals surface area contributed by atoms with Crippen LogP contribution in [0, 0.1) is 13.8 Å². The molecule has 2 aromatic rings. The van der Waals surface area contributed by atoms with E-state index in [0.29, 0.717) is 24.4 Å². The number of hydrogen-bond donors (Lipinski definition) is 2. The highest BCUT2D eigenvalue weighted by molar-refractivity contribution is 5.77. The van der Waals surface area contributed by atoms with Crippen molar-refractivity contribution in [2.45, 2.75) is 65.4 Å². The van der Waals surface area contributed by atoms with Crippen molar-refractivity contribution in [2.75, 3.05) is 6.54 Å². The molecule has 2 aromatic heterocycles. The summed E-state index contributed by atoms with van der Waals surface area (Å²) >= 11 is 0. The molecule has 2 rings (SSSR count). The molecular weight excluding hydrogens is 306 g/mol. The van der Waals surface area contributed by atoms with E-state index in [9.17, 15) is 9.90 Å². The van der Waals surface area contributed by atoms with Gasteiger partial charge in [-0.3, -0.25) is 4.79 Å². The standard InChI is InChI=1S/C17H27N5O2/c1-5-7-17(24,8-6-2)11-18-15(23)10-14-20-16-19-12(3)9-13(4)22(16)21-14/h9,24H,5-8,10-11H2,1-4H3,(H,18,23). The van der Waals surface area contributed by atoms with Crippen LogP contribution in [0.2, 0.25) is 0 Å². The summed E-state index contributed by atoms with van der Waals surface area (Å²) in [7, 11) is 0. The maximum atomic E-state index is 12.2. The third-order valence-electron chi connectivity index (χ3n) is 4.03. The van der Waals surface area contributed by atoms with Gasteiger partial charge in [0, 0.05) is 17.9 Å². The minimum atomic E-state index is -0.833. The summed E-state index contributed by atoms with van der Waals surface area (Å²) in [4.78, 5) is 20.8. The molecule has 0 saturated heterocycles. The van der Waals surface area contributed by atoms with Crippen LogP contribution in [0.4, 0.5) is 0 Å². The highest BCUT2D eigenvalue weighted by atomic mass is 16.3. The predicted molar refractivity (Wildman–Crippen MR) is 91.7 cm³/mol. The zero-order valence-electron chi connectivity index (χ0n) is 15.0. The fraction of sp³-hybridized carbons (Fsp3) is 0.647. The van der Waals surface area contributed by atoms with Gasteiger partial charge in [-0.1, -0.05) is 26.7 Å². The van der Waals surface area contributed by atoms with E-state index in [2.05, 4.69) is 20.4 Å². The molecule has 0 atom stereocenters. The van der Waals surface area contributed by atoms with Gasteiger partial charge in [0.2, 0.25) is 5.91 Å². The highest BCUT2D eigenvalue weighted by Crippen LogP contribution is 2.18. The second kappa shape index (κ2) is 7.70. The molecule has 132 valence electrons. The van der Waals surface area contributed by atoms with E-state index in [1.54, 1.807) is 4.52 Å². The Kier molecular flexibility index (Phi) is 5.88. The number of nitrogens with zero attached hydrogens (tertiary/aromatic N) is 4. The van der Waals surface area contributed by atoms with E-state index in [4.69, 9.17) is 0 Å². The van der Waals surface area contributed by atoms with Crippen LogP contribution in [0.5, 0.6) is 0 Å². The number of aliphatic hydroxyl groups is 1. The molecule has 0 fully saturated rings. The number of aryl methyl sites for hydroxylation is 2. The van der Waals surface area contributed by atoms with Crippen LogP contribution in [0.1, 0.15) is 56.7 Å². The molecule has 0 unspecified atom stereocenters. The molecule has 0 aliphatic carbocycles. The Hall–Kier alpha value is -2.02. The molecule has 1 amide bonds. The lowest BCUT2D eigenvalue weighted by Gasteiger charge is -2.27. The molecule has 2 N–H and O–H groups in total. The highest BCUT2D eigenvalue weighted by Gasteiger charge is 2.25. The van der Waals surface area contributed by atoms with Gasteiger partial charge >= 0.3 is 0 Å². The van der Waals surface area contributed by atoms with Crippen LogP contribution in [-0.4, -0.2) is 42.7 Å². The van der Waals surface area contributed by atoms with Crippen LogP contribution >= 0.6 is 0 Å². The second-order valence-electron chi connectivity index (χ2n) is 6.46. The molecule has 0 bridgehead atoms. The van der Waals surface area contributed by atoms with Crippen molar-refractivity contribution in [3.05, 3.63) is 23.3 Å². The summed E-state index contributed by atoms with van der Waals surface area (Å²) in [6.45, 7) is 8.14. The largest absolute Gasteiger partial charge is 0.388 e. The number of hydrogen-bond acceptors (Lipinski definition) is 5. The van der Waals surface area contributed by atoms with Crippen LogP contribution in [0.25, 0.3) is 5.78 Å². The lowest BCUT2D eigenvalue weighted by Crippen LogP contribution is -2.43. The zero-order chi connectivity index (χ0) is 17.7. The van der Waals surface area contributed by atoms with Gasteiger partial charge in [-0.15, -0.1) is 5.10 Å². The number of nitrogens with one attached hydrogen (secondary N) is 1. The first-order valence-electron chi connectivity index (χ1n) is 8.56. The molecule has 7 nitrogen and oxygen atoms in total. The van der Waals surface area contributed by atoms with Gasteiger partial charge in [0.05, 0.1) is 12.0 Å². The smallest absolute Gasteiger partial charge is 0.252 e. The topological polar surface area (TPSA) is 92.4 Å². The molecule has 0 radical (unpaired) electrons. The number of aromatic nitrogens is 4. The van der Waals surface area contributed by atoms with Crippen LogP contribution in [0.15, 0.2) is 6.07 Å². The zero-order valence-corrected chi connectivity index (χ0v) is 15.0. The van der Waals surface area contributed by atoms with Gasteiger partial charge in [0.15, 0.2) is 5.82 Å². The Labute approximate surface area is 142 Å². The van der Waals surface area contributed by atoms with Crippen molar-refractivity contribution in [3.8, 4) is 0 Å². The van der Waals surface area contributed by atoms with Gasteiger partial charge in [0.1, 0.15) is 0 Å². The normalized spacial score (nSPS) is 11.9. The third kappa shape index (κ3) is 4.50. The Bertz CT molecular complexity index is 704. The first-order valence-corrected chi connectivity index (χ1v) is 8.56. The number of carbonyl (C=O) groups excluding carboxylic acids is 1. The third-order valence-corrected chi connectivity index (χ3v) is 4.03. The van der Waals surface area contributed by atoms with Crippen molar-refractivity contribution in [3.63, 3.8) is 0 Å². The SMILES string of the molecule is CCCC(O)(CCC)CNC(=O)Cc1nc2nc(C)cc(C)n2n1. The molecule has 0 aliphatic heterocycles. The second-order valence-corrected chi connectivity index (χ2v) is 6.46. The van der Waals surface area contributed by atoms with Crippen LogP contribution in [0.3, 0.4) is 0 Å². The number of rotatable bonds is 8. The van der Waals surface area contributed by atoms with Crippen LogP contribution < -0.4 is 5.32 Å². The molecule has 0 aromatic carbocycles. The minimum absolute atomic E-state index is 0.0795. The number of fused-ring (bicyclic) bond motifs is 1. The fourth-order valence-corrected chi connectivity index (χ4v) is 2.98. The van der Waals surface area contributed by atoms with Gasteiger partial charge in [-0.25, -0.2) is 9.50 Å². The average Bonchev–Trinajstić information content (AvgIpc) is 2.88. The quantitative estimate of drug-likeness (QED) is 0.767. The maximum Gasteiger partial charge on any atom is 0.252 e. The van der Waals surface area contributed by atoms with E-state index >= 15 is 0 Å². The van der Waals surface area contributed by atoms with Crippen molar-refractivity contribution in [1.29, 1.82) is 0 Å². The van der Waals surface area contributed by atoms with E-state index in [0.717, 1.165) is 24.2 Å². The summed E-state index contributed by atoms with van der Waals surface area (Å²) in [6.07, 6.45) is 3.19. The number of carbonyl (C=O) groups is 1. The molecule has 0 spiro atoms. The van der Waals surface area contributed by atoms with Gasteiger partial charge in [-0.05, 0) is 32.8 Å². The average molecular weight is 333 g/mol. The Morgan fingerprint density at radius 2 is 1.92 bits per heavy atom. The Balaban J connectivity index is 2.00. The molecule has 24 heavy (non-hydrogen) atoms. The van der Waals surface area contributed by atoms with Gasteiger partial charge in [-0.2, -0.15) is 4.98 Å². The fourth-order valence-electron chi connectivity index (χ4n) is 2.98. The lowest BCUT2D eigenvalue weighted by atomic mass is 9.92. The van der Waals surface area contributed by atoms with Crippen LogP contribution in [-0.2, 0) is 11.2 Å². The maximum absolute atomic E-state index is 12.2. The van der Waals surface area contributed by atoms with Gasteiger partial charge < -0.3 is 10.4 Å². The van der Waals surface area contributed by atoms with Gasteiger partial charge in [0.25, 0.3) is 5.78 Å². The van der Waals surface area contributed by atoms with E-state index < -0.39 is 5.60 Å². The summed E-state index contributed by atoms with van der Waals surface area (Å²) in [5, 5.41) is 17.7. The van der Waals surface area contributed by atoms with Crippen molar-refractivity contribution < 1.29 is 9.90 Å². The monoisotopic (exact) mass is 333 g/mol. The first-order chi connectivity index (χ1) is 11.4. The molecule has 0 saturated carbocycles. The number of amides is 1. The van der Waals surface area contributed by atoms with Crippen molar-refractivity contribution in [1.82, 2.24) is 24.9 Å². The summed E-state index contributed by atoms with van der Waals surface area (Å²) in [6, 6.07) is 1.92.